The predicted molar refractivity (Wildman–Crippen MR) is 102 cm³/mol. The third kappa shape index (κ3) is 4.93. The molecule has 0 radical (unpaired) electrons. The summed E-state index contributed by atoms with van der Waals surface area (Å²) >= 11 is 0. The van der Waals surface area contributed by atoms with Gasteiger partial charge < -0.3 is 24.4 Å². The Morgan fingerprint density at radius 1 is 1.19 bits per heavy atom. The van der Waals surface area contributed by atoms with Gasteiger partial charge in [-0.25, -0.2) is 0 Å². The molecule has 1 aromatic carbocycles. The maximum atomic E-state index is 12.2. The van der Waals surface area contributed by atoms with Crippen molar-refractivity contribution in [2.24, 2.45) is 11.8 Å². The monoisotopic (exact) mass is 374 g/mol. The number of amides is 1. The van der Waals surface area contributed by atoms with Crippen LogP contribution in [0.4, 0.5) is 0 Å². The summed E-state index contributed by atoms with van der Waals surface area (Å²) in [5, 5.41) is 3.75. The minimum atomic E-state index is -0.0113. The average Bonchev–Trinajstić information content (AvgIpc) is 3.61. The maximum Gasteiger partial charge on any atom is 0.260 e. The molecular weight excluding hydrogens is 344 g/mol. The molecule has 2 saturated carbocycles. The Balaban J connectivity index is 1.31. The van der Waals surface area contributed by atoms with Crippen molar-refractivity contribution < 1.29 is 19.0 Å². The minimum absolute atomic E-state index is 0.0113. The Hall–Kier alpha value is -1.79. The SMILES string of the molecule is COc1cc(CNC(C2CC2)C2CC2)ccc1OCC(=O)N1CCOCC1. The van der Waals surface area contributed by atoms with Gasteiger partial charge in [0.1, 0.15) is 0 Å². The lowest BCUT2D eigenvalue weighted by Gasteiger charge is -2.26. The first-order valence-corrected chi connectivity index (χ1v) is 10.1. The van der Waals surface area contributed by atoms with Crippen molar-refractivity contribution in [3.05, 3.63) is 23.8 Å². The fourth-order valence-corrected chi connectivity index (χ4v) is 3.85. The van der Waals surface area contributed by atoms with E-state index in [4.69, 9.17) is 14.2 Å². The molecule has 0 aromatic heterocycles. The second kappa shape index (κ2) is 8.48. The highest BCUT2D eigenvalue weighted by Gasteiger charge is 2.40. The molecule has 6 heteroatoms. The number of carbonyl (C=O) groups excluding carboxylic acids is 1. The highest BCUT2D eigenvalue weighted by Crippen LogP contribution is 2.44. The van der Waals surface area contributed by atoms with Crippen LogP contribution in [0.1, 0.15) is 31.2 Å². The quantitative estimate of drug-likeness (QED) is 0.718. The van der Waals surface area contributed by atoms with Crippen LogP contribution in [0.3, 0.4) is 0 Å². The number of hydrogen-bond acceptors (Lipinski definition) is 5. The molecule has 148 valence electrons. The second-order valence-corrected chi connectivity index (χ2v) is 7.85. The van der Waals surface area contributed by atoms with Gasteiger partial charge in [0.2, 0.25) is 0 Å². The molecule has 1 saturated heterocycles. The summed E-state index contributed by atoms with van der Waals surface area (Å²) in [5.74, 6) is 3.05. The lowest BCUT2D eigenvalue weighted by molar-refractivity contribution is -0.137. The molecule has 2 aliphatic carbocycles. The summed E-state index contributed by atoms with van der Waals surface area (Å²) in [6.45, 7) is 3.33. The predicted octanol–water partition coefficient (Wildman–Crippen LogP) is 2.21. The van der Waals surface area contributed by atoms with E-state index < -0.39 is 0 Å². The van der Waals surface area contributed by atoms with E-state index in [0.29, 0.717) is 43.8 Å². The number of benzene rings is 1. The largest absolute Gasteiger partial charge is 0.493 e. The second-order valence-electron chi connectivity index (χ2n) is 7.85. The zero-order chi connectivity index (χ0) is 18.6. The van der Waals surface area contributed by atoms with E-state index >= 15 is 0 Å². The third-order valence-corrected chi connectivity index (χ3v) is 5.74. The van der Waals surface area contributed by atoms with Crippen LogP contribution in [0.2, 0.25) is 0 Å². The molecule has 0 bridgehead atoms. The normalized spacial score (nSPS) is 20.0. The average molecular weight is 374 g/mol. The number of rotatable bonds is 9. The van der Waals surface area contributed by atoms with Crippen LogP contribution in [0.15, 0.2) is 18.2 Å². The number of nitrogens with one attached hydrogen (secondary N) is 1. The zero-order valence-electron chi connectivity index (χ0n) is 16.1. The van der Waals surface area contributed by atoms with Crippen LogP contribution in [0.5, 0.6) is 11.5 Å². The Morgan fingerprint density at radius 2 is 1.89 bits per heavy atom. The Labute approximate surface area is 161 Å². The minimum Gasteiger partial charge on any atom is -0.493 e. The van der Waals surface area contributed by atoms with Crippen molar-refractivity contribution in [2.45, 2.75) is 38.3 Å². The fourth-order valence-electron chi connectivity index (χ4n) is 3.85. The van der Waals surface area contributed by atoms with Gasteiger partial charge in [-0.3, -0.25) is 4.79 Å². The van der Waals surface area contributed by atoms with Gasteiger partial charge in [0, 0.05) is 25.7 Å². The van der Waals surface area contributed by atoms with Gasteiger partial charge in [-0.1, -0.05) is 6.07 Å². The van der Waals surface area contributed by atoms with E-state index in [1.165, 1.54) is 31.2 Å². The lowest BCUT2D eigenvalue weighted by atomic mass is 10.1. The topological polar surface area (TPSA) is 60.0 Å². The van der Waals surface area contributed by atoms with Crippen LogP contribution in [0.25, 0.3) is 0 Å². The van der Waals surface area contributed by atoms with Gasteiger partial charge in [-0.15, -0.1) is 0 Å². The maximum absolute atomic E-state index is 12.2. The molecule has 1 amide bonds. The number of carbonyl (C=O) groups is 1. The molecule has 0 unspecified atom stereocenters. The first-order chi connectivity index (χ1) is 13.2. The summed E-state index contributed by atoms with van der Waals surface area (Å²) in [7, 11) is 1.64. The Bertz CT molecular complexity index is 640. The molecule has 3 fully saturated rings. The van der Waals surface area contributed by atoms with E-state index in [0.717, 1.165) is 18.4 Å². The van der Waals surface area contributed by atoms with E-state index in [1.807, 2.05) is 12.1 Å². The molecule has 3 aliphatic rings. The van der Waals surface area contributed by atoms with Gasteiger partial charge >= 0.3 is 0 Å². The van der Waals surface area contributed by atoms with Gasteiger partial charge in [0.05, 0.1) is 20.3 Å². The first-order valence-electron chi connectivity index (χ1n) is 10.1. The van der Waals surface area contributed by atoms with Crippen molar-refractivity contribution in [1.29, 1.82) is 0 Å². The van der Waals surface area contributed by atoms with Crippen LogP contribution < -0.4 is 14.8 Å². The Morgan fingerprint density at radius 3 is 2.52 bits per heavy atom. The molecule has 1 heterocycles. The highest BCUT2D eigenvalue weighted by molar-refractivity contribution is 5.78. The van der Waals surface area contributed by atoms with Gasteiger partial charge in [-0.05, 0) is 55.2 Å². The van der Waals surface area contributed by atoms with Crippen LogP contribution >= 0.6 is 0 Å². The lowest BCUT2D eigenvalue weighted by Crippen LogP contribution is -2.43. The Kier molecular flexibility index (Phi) is 5.83. The molecule has 1 aliphatic heterocycles. The number of hydrogen-bond donors (Lipinski definition) is 1. The fraction of sp³-hybridized carbons (Fsp3) is 0.667. The van der Waals surface area contributed by atoms with E-state index in [9.17, 15) is 4.79 Å². The standard InChI is InChI=1S/C21H30N2O4/c1-25-19-12-15(13-22-21(16-3-4-16)17-5-6-17)2-7-18(19)27-14-20(24)23-8-10-26-11-9-23/h2,7,12,16-17,21-22H,3-6,8-11,13-14H2,1H3. The van der Waals surface area contributed by atoms with Gasteiger partial charge in [0.25, 0.3) is 5.91 Å². The zero-order valence-corrected chi connectivity index (χ0v) is 16.1. The number of morpholine rings is 1. The number of nitrogens with zero attached hydrogens (tertiary/aromatic N) is 1. The molecule has 27 heavy (non-hydrogen) atoms. The summed E-state index contributed by atoms with van der Waals surface area (Å²) in [4.78, 5) is 14.0. The van der Waals surface area contributed by atoms with Crippen molar-refractivity contribution >= 4 is 5.91 Å². The molecule has 1 aromatic rings. The molecule has 0 atom stereocenters. The molecular formula is C21H30N2O4. The van der Waals surface area contributed by atoms with E-state index in [1.54, 1.807) is 12.0 Å². The van der Waals surface area contributed by atoms with Crippen molar-refractivity contribution in [3.8, 4) is 11.5 Å². The van der Waals surface area contributed by atoms with Crippen LogP contribution in [-0.4, -0.2) is 56.9 Å². The summed E-state index contributed by atoms with van der Waals surface area (Å²) in [6.07, 6.45) is 5.51. The smallest absolute Gasteiger partial charge is 0.260 e. The number of methoxy groups -OCH3 is 1. The molecule has 6 nitrogen and oxygen atoms in total. The van der Waals surface area contributed by atoms with Crippen LogP contribution in [0, 0.1) is 11.8 Å². The molecule has 4 rings (SSSR count). The first kappa shape index (κ1) is 18.6. The van der Waals surface area contributed by atoms with Crippen molar-refractivity contribution in [3.63, 3.8) is 0 Å². The summed E-state index contributed by atoms with van der Waals surface area (Å²) in [5.41, 5.74) is 1.19. The summed E-state index contributed by atoms with van der Waals surface area (Å²) < 4.78 is 16.5. The van der Waals surface area contributed by atoms with Crippen molar-refractivity contribution in [1.82, 2.24) is 10.2 Å². The summed E-state index contributed by atoms with van der Waals surface area (Å²) in [6, 6.07) is 6.66. The van der Waals surface area contributed by atoms with Crippen LogP contribution in [-0.2, 0) is 16.1 Å². The van der Waals surface area contributed by atoms with Gasteiger partial charge in [-0.2, -0.15) is 0 Å². The molecule has 0 spiro atoms. The highest BCUT2D eigenvalue weighted by atomic mass is 16.5. The molecule has 1 N–H and O–H groups in total. The van der Waals surface area contributed by atoms with E-state index in [2.05, 4.69) is 11.4 Å². The van der Waals surface area contributed by atoms with Gasteiger partial charge in [0.15, 0.2) is 18.1 Å². The van der Waals surface area contributed by atoms with E-state index in [-0.39, 0.29) is 12.5 Å². The van der Waals surface area contributed by atoms with Crippen molar-refractivity contribution in [2.75, 3.05) is 40.0 Å². The number of ether oxygens (including phenoxy) is 3. The third-order valence-electron chi connectivity index (χ3n) is 5.74.